The van der Waals surface area contributed by atoms with E-state index in [0.717, 1.165) is 25.7 Å². The van der Waals surface area contributed by atoms with Gasteiger partial charge in [-0.15, -0.1) is 0 Å². The molecule has 0 aromatic rings. The van der Waals surface area contributed by atoms with Crippen LogP contribution in [-0.4, -0.2) is 33.3 Å². The van der Waals surface area contributed by atoms with Crippen molar-refractivity contribution in [2.45, 2.75) is 65.0 Å². The minimum absolute atomic E-state index is 0.0680. The van der Waals surface area contributed by atoms with Gasteiger partial charge in [-0.25, -0.2) is 13.1 Å². The molecule has 1 fully saturated rings. The molecular formula is C13H28N2O2S. The molecule has 0 aromatic carbocycles. The van der Waals surface area contributed by atoms with E-state index in [0.29, 0.717) is 12.5 Å². The molecule has 0 atom stereocenters. The smallest absolute Gasteiger partial charge is 0.211 e. The highest BCUT2D eigenvalue weighted by atomic mass is 32.2. The molecule has 1 saturated carbocycles. The highest BCUT2D eigenvalue weighted by Gasteiger charge is 2.25. The number of rotatable bonds is 5. The predicted molar refractivity (Wildman–Crippen MR) is 76.1 cm³/mol. The molecular weight excluding hydrogens is 248 g/mol. The van der Waals surface area contributed by atoms with Crippen LogP contribution < -0.4 is 10.0 Å². The third-order valence-electron chi connectivity index (χ3n) is 3.60. The van der Waals surface area contributed by atoms with Crippen LogP contribution in [0.15, 0.2) is 0 Å². The van der Waals surface area contributed by atoms with E-state index < -0.39 is 10.0 Å². The van der Waals surface area contributed by atoms with Crippen molar-refractivity contribution in [2.24, 2.45) is 5.41 Å². The lowest BCUT2D eigenvalue weighted by Gasteiger charge is -2.29. The van der Waals surface area contributed by atoms with Crippen LogP contribution in [0.4, 0.5) is 0 Å². The summed E-state index contributed by atoms with van der Waals surface area (Å²) >= 11 is 0. The molecule has 5 heteroatoms. The zero-order valence-electron chi connectivity index (χ0n) is 12.1. The first-order valence-electron chi connectivity index (χ1n) is 6.89. The van der Waals surface area contributed by atoms with Crippen LogP contribution in [0.2, 0.25) is 0 Å². The predicted octanol–water partition coefficient (Wildman–Crippen LogP) is 1.87. The van der Waals surface area contributed by atoms with Crippen LogP contribution in [-0.2, 0) is 10.0 Å². The lowest BCUT2D eigenvalue weighted by atomic mass is 9.92. The van der Waals surface area contributed by atoms with Gasteiger partial charge in [-0.3, -0.25) is 0 Å². The Morgan fingerprint density at radius 1 is 1.06 bits per heavy atom. The van der Waals surface area contributed by atoms with E-state index in [1.54, 1.807) is 0 Å². The van der Waals surface area contributed by atoms with Crippen molar-refractivity contribution in [2.75, 3.05) is 12.8 Å². The van der Waals surface area contributed by atoms with E-state index in [-0.39, 0.29) is 17.2 Å². The fraction of sp³-hybridized carbons (Fsp3) is 1.00. The summed E-state index contributed by atoms with van der Waals surface area (Å²) in [4.78, 5) is 0. The van der Waals surface area contributed by atoms with Gasteiger partial charge in [0.15, 0.2) is 0 Å². The summed E-state index contributed by atoms with van der Waals surface area (Å²) < 4.78 is 26.8. The molecule has 1 aliphatic rings. The first-order chi connectivity index (χ1) is 8.22. The normalized spacial score (nSPS) is 26.2. The molecule has 0 unspecified atom stereocenters. The van der Waals surface area contributed by atoms with Gasteiger partial charge in [-0.2, -0.15) is 0 Å². The average Bonchev–Trinajstić information content (AvgIpc) is 2.26. The Hall–Kier alpha value is -0.130. The summed E-state index contributed by atoms with van der Waals surface area (Å²) in [6.45, 7) is 6.21. The monoisotopic (exact) mass is 276 g/mol. The molecule has 18 heavy (non-hydrogen) atoms. The van der Waals surface area contributed by atoms with Crippen LogP contribution >= 0.6 is 0 Å². The summed E-state index contributed by atoms with van der Waals surface area (Å²) in [6.07, 6.45) is 4.71. The van der Waals surface area contributed by atoms with E-state index in [2.05, 4.69) is 30.8 Å². The molecule has 0 saturated heterocycles. The number of nitrogens with one attached hydrogen (secondary N) is 2. The van der Waals surface area contributed by atoms with E-state index in [9.17, 15) is 8.42 Å². The maximum absolute atomic E-state index is 12.0. The molecule has 0 aliphatic heterocycles. The molecule has 0 aromatic heterocycles. The molecule has 4 nitrogen and oxygen atoms in total. The van der Waals surface area contributed by atoms with E-state index in [4.69, 9.17) is 0 Å². The van der Waals surface area contributed by atoms with Crippen molar-refractivity contribution < 1.29 is 8.42 Å². The number of hydrogen-bond donors (Lipinski definition) is 2. The van der Waals surface area contributed by atoms with Crippen LogP contribution in [0.5, 0.6) is 0 Å². The standard InChI is InChI=1S/C13H28N2O2S/c1-13(2,3)9-10-18(16,17)15-12-7-5-11(14-4)6-8-12/h11-12,14-15H,5-10H2,1-4H3. The Balaban J connectivity index is 2.37. The van der Waals surface area contributed by atoms with E-state index in [1.807, 2.05) is 7.05 Å². The van der Waals surface area contributed by atoms with Gasteiger partial charge >= 0.3 is 0 Å². The van der Waals surface area contributed by atoms with Crippen molar-refractivity contribution in [1.82, 2.24) is 10.0 Å². The number of sulfonamides is 1. The van der Waals surface area contributed by atoms with Gasteiger partial charge in [0, 0.05) is 12.1 Å². The first kappa shape index (κ1) is 15.9. The minimum Gasteiger partial charge on any atom is -0.317 e. The summed E-state index contributed by atoms with van der Waals surface area (Å²) in [5, 5.41) is 3.26. The van der Waals surface area contributed by atoms with Gasteiger partial charge in [0.05, 0.1) is 5.75 Å². The van der Waals surface area contributed by atoms with Crippen molar-refractivity contribution in [3.8, 4) is 0 Å². The molecule has 2 N–H and O–H groups in total. The van der Waals surface area contributed by atoms with Gasteiger partial charge in [-0.1, -0.05) is 20.8 Å². The second-order valence-electron chi connectivity index (χ2n) is 6.58. The minimum atomic E-state index is -3.11. The highest BCUT2D eigenvalue weighted by molar-refractivity contribution is 7.89. The SMILES string of the molecule is CNC1CCC(NS(=O)(=O)CCC(C)(C)C)CC1. The van der Waals surface area contributed by atoms with Crippen LogP contribution in [0.3, 0.4) is 0 Å². The van der Waals surface area contributed by atoms with E-state index >= 15 is 0 Å². The molecule has 1 aliphatic carbocycles. The summed E-state index contributed by atoms with van der Waals surface area (Å²) in [5.74, 6) is 0.239. The molecule has 0 spiro atoms. The largest absolute Gasteiger partial charge is 0.317 e. The second-order valence-corrected chi connectivity index (χ2v) is 8.46. The summed E-state index contributed by atoms with van der Waals surface area (Å²) in [5.41, 5.74) is 0.0680. The maximum atomic E-state index is 12.0. The van der Waals surface area contributed by atoms with Crippen LogP contribution in [0.1, 0.15) is 52.9 Å². The van der Waals surface area contributed by atoms with Gasteiger partial charge < -0.3 is 5.32 Å². The molecule has 108 valence electrons. The number of hydrogen-bond acceptors (Lipinski definition) is 3. The Morgan fingerprint density at radius 2 is 1.56 bits per heavy atom. The first-order valence-corrected chi connectivity index (χ1v) is 8.54. The van der Waals surface area contributed by atoms with E-state index in [1.165, 1.54) is 0 Å². The summed E-state index contributed by atoms with van der Waals surface area (Å²) in [7, 11) is -1.14. The molecule has 0 amide bonds. The average molecular weight is 276 g/mol. The van der Waals surface area contributed by atoms with Gasteiger partial charge in [0.2, 0.25) is 10.0 Å². The van der Waals surface area contributed by atoms with Crippen molar-refractivity contribution in [3.63, 3.8) is 0 Å². The Labute approximate surface area is 112 Å². The third-order valence-corrected chi connectivity index (χ3v) is 5.04. The van der Waals surface area contributed by atoms with Crippen molar-refractivity contribution >= 4 is 10.0 Å². The van der Waals surface area contributed by atoms with Crippen molar-refractivity contribution in [3.05, 3.63) is 0 Å². The molecule has 0 bridgehead atoms. The molecule has 0 heterocycles. The fourth-order valence-corrected chi connectivity index (χ4v) is 4.00. The highest BCUT2D eigenvalue weighted by Crippen LogP contribution is 2.21. The zero-order valence-corrected chi connectivity index (χ0v) is 12.9. The van der Waals surface area contributed by atoms with Crippen molar-refractivity contribution in [1.29, 1.82) is 0 Å². The molecule has 1 rings (SSSR count). The quantitative estimate of drug-likeness (QED) is 0.806. The lowest BCUT2D eigenvalue weighted by molar-refractivity contribution is 0.341. The maximum Gasteiger partial charge on any atom is 0.211 e. The Morgan fingerprint density at radius 3 is 2.00 bits per heavy atom. The molecule has 0 radical (unpaired) electrons. The Kier molecular flexibility index (Phi) is 5.62. The van der Waals surface area contributed by atoms with Gasteiger partial charge in [0.25, 0.3) is 0 Å². The lowest BCUT2D eigenvalue weighted by Crippen LogP contribution is -2.42. The zero-order chi connectivity index (χ0) is 13.8. The fourth-order valence-electron chi connectivity index (χ4n) is 2.25. The van der Waals surface area contributed by atoms with Crippen LogP contribution in [0.25, 0.3) is 0 Å². The third kappa shape index (κ3) is 6.16. The topological polar surface area (TPSA) is 58.2 Å². The van der Waals surface area contributed by atoms with Gasteiger partial charge in [-0.05, 0) is 44.6 Å². The second kappa shape index (κ2) is 6.35. The summed E-state index contributed by atoms with van der Waals surface area (Å²) in [6, 6.07) is 0.694. The van der Waals surface area contributed by atoms with Gasteiger partial charge in [0.1, 0.15) is 0 Å². The van der Waals surface area contributed by atoms with Crippen LogP contribution in [0, 0.1) is 5.41 Å². The Bertz CT molecular complexity index is 338.